The highest BCUT2D eigenvalue weighted by atomic mass is 32.1. The molecule has 7 heteroatoms. The number of aryl methyl sites for hydroxylation is 2. The summed E-state index contributed by atoms with van der Waals surface area (Å²) >= 11 is 8.31. The number of fused-ring (bicyclic) bond motifs is 3. The molecule has 3 heterocycles. The normalized spacial score (nSPS) is 14.6. The van der Waals surface area contributed by atoms with Crippen LogP contribution in [0.15, 0.2) is 21.5 Å². The molecule has 102 valence electrons. The van der Waals surface area contributed by atoms with E-state index >= 15 is 0 Å². The Balaban J connectivity index is 2.10. The fraction of sp³-hybridized carbons (Fsp3) is 0.308. The predicted octanol–water partition coefficient (Wildman–Crippen LogP) is 2.69. The summed E-state index contributed by atoms with van der Waals surface area (Å²) in [5.74, 6) is 0. The molecule has 0 saturated carbocycles. The summed E-state index contributed by atoms with van der Waals surface area (Å²) in [6, 6.07) is 0. The van der Waals surface area contributed by atoms with E-state index in [9.17, 15) is 4.79 Å². The second-order valence-electron chi connectivity index (χ2n) is 4.74. The molecule has 20 heavy (non-hydrogen) atoms. The monoisotopic (exact) mass is 320 g/mol. The van der Waals surface area contributed by atoms with Crippen LogP contribution < -0.4 is 5.56 Å². The average Bonchev–Trinajstić information content (AvgIpc) is 3.05. The highest BCUT2D eigenvalue weighted by molar-refractivity contribution is 7.58. The van der Waals surface area contributed by atoms with Gasteiger partial charge in [-0.25, -0.2) is 9.97 Å². The number of thiazole rings is 1. The molecule has 0 spiro atoms. The van der Waals surface area contributed by atoms with Crippen molar-refractivity contribution in [3.8, 4) is 5.13 Å². The van der Waals surface area contributed by atoms with Gasteiger partial charge in [-0.2, -0.15) is 0 Å². The number of aromatic nitrogens is 3. The molecule has 1 aliphatic rings. The molecule has 1 aliphatic carbocycles. The van der Waals surface area contributed by atoms with E-state index in [0.717, 1.165) is 29.5 Å². The Bertz CT molecular complexity index is 848. The fourth-order valence-electron chi connectivity index (χ4n) is 2.68. The van der Waals surface area contributed by atoms with Crippen molar-refractivity contribution < 1.29 is 0 Å². The van der Waals surface area contributed by atoms with Gasteiger partial charge in [0.1, 0.15) is 4.83 Å². The summed E-state index contributed by atoms with van der Waals surface area (Å²) in [4.78, 5) is 23.6. The molecule has 0 saturated heterocycles. The maximum absolute atomic E-state index is 12.8. The molecule has 0 unspecified atom stereocenters. The van der Waals surface area contributed by atoms with Crippen LogP contribution in [0.2, 0.25) is 0 Å². The number of rotatable bonds is 1. The van der Waals surface area contributed by atoms with Gasteiger partial charge in [0.15, 0.2) is 5.13 Å². The molecule has 0 fully saturated rings. The predicted molar refractivity (Wildman–Crippen MR) is 83.2 cm³/mol. The largest absolute Gasteiger partial charge is 0.742 e. The zero-order valence-corrected chi connectivity index (χ0v) is 12.9. The van der Waals surface area contributed by atoms with Crippen LogP contribution in [0.5, 0.6) is 0 Å². The van der Waals surface area contributed by atoms with E-state index in [0.29, 0.717) is 10.3 Å². The van der Waals surface area contributed by atoms with Gasteiger partial charge in [-0.05, 0) is 36.4 Å². The highest BCUT2D eigenvalue weighted by Crippen LogP contribution is 2.34. The quantitative estimate of drug-likeness (QED) is 0.511. The maximum Gasteiger partial charge on any atom is 0.267 e. The van der Waals surface area contributed by atoms with Crippen molar-refractivity contribution in [1.29, 1.82) is 0 Å². The first-order valence-electron chi connectivity index (χ1n) is 6.40. The molecule has 0 aromatic carbocycles. The van der Waals surface area contributed by atoms with Crippen molar-refractivity contribution in [2.45, 2.75) is 30.8 Å². The van der Waals surface area contributed by atoms with Gasteiger partial charge in [-0.3, -0.25) is 9.36 Å². The lowest BCUT2D eigenvalue weighted by Crippen LogP contribution is -2.22. The van der Waals surface area contributed by atoms with Crippen LogP contribution in [0.1, 0.15) is 23.3 Å². The third-order valence-corrected chi connectivity index (χ3v) is 5.78. The molecular formula is C13H10N3OS3-. The first-order chi connectivity index (χ1) is 9.75. The molecule has 4 nitrogen and oxygen atoms in total. The lowest BCUT2D eigenvalue weighted by atomic mass is 9.97. The molecule has 3 aromatic heterocycles. The smallest absolute Gasteiger partial charge is 0.267 e. The van der Waals surface area contributed by atoms with Gasteiger partial charge in [-0.1, -0.05) is 0 Å². The van der Waals surface area contributed by atoms with Crippen molar-refractivity contribution in [3.05, 3.63) is 32.4 Å². The molecule has 0 aliphatic heterocycles. The number of thiophene rings is 1. The van der Waals surface area contributed by atoms with Gasteiger partial charge in [0.2, 0.25) is 0 Å². The Morgan fingerprint density at radius 2 is 2.15 bits per heavy atom. The maximum atomic E-state index is 12.8. The molecular weight excluding hydrogens is 310 g/mol. The topological polar surface area (TPSA) is 47.8 Å². The number of nitrogens with zero attached hydrogens (tertiary/aromatic N) is 3. The van der Waals surface area contributed by atoms with Gasteiger partial charge >= 0.3 is 0 Å². The van der Waals surface area contributed by atoms with Crippen LogP contribution in [-0.4, -0.2) is 14.5 Å². The first-order valence-corrected chi connectivity index (χ1v) is 8.50. The SMILES string of the molecule is O=c1c2c3c(sc2nc([S-])n1-c1nccs1)CCCC3. The van der Waals surface area contributed by atoms with Gasteiger partial charge in [0, 0.05) is 16.5 Å². The van der Waals surface area contributed by atoms with Crippen LogP contribution in [0.4, 0.5) is 0 Å². The summed E-state index contributed by atoms with van der Waals surface area (Å²) in [7, 11) is 0. The minimum absolute atomic E-state index is 0.0608. The van der Waals surface area contributed by atoms with Gasteiger partial charge in [0.05, 0.1) is 5.39 Å². The summed E-state index contributed by atoms with van der Waals surface area (Å²) in [6.45, 7) is 0. The highest BCUT2D eigenvalue weighted by Gasteiger charge is 2.20. The van der Waals surface area contributed by atoms with Gasteiger partial charge in [0.25, 0.3) is 5.56 Å². The summed E-state index contributed by atoms with van der Waals surface area (Å²) in [5.41, 5.74) is 1.13. The fourth-order valence-corrected chi connectivity index (χ4v) is 4.95. The van der Waals surface area contributed by atoms with Crippen LogP contribution in [0.25, 0.3) is 15.3 Å². The van der Waals surface area contributed by atoms with E-state index < -0.39 is 0 Å². The average molecular weight is 320 g/mol. The number of hydrogen-bond donors (Lipinski definition) is 0. The van der Waals surface area contributed by atoms with Crippen LogP contribution in [-0.2, 0) is 25.5 Å². The standard InChI is InChI=1S/C13H11N3OS3/c17-11-9-7-3-1-2-4-8(7)20-10(9)15-12(18)16(11)13-14-5-6-19-13/h5-6H,1-4H2,(H,15,18)/p-1. The molecule has 0 radical (unpaired) electrons. The van der Waals surface area contributed by atoms with E-state index in [1.807, 2.05) is 5.38 Å². The van der Waals surface area contributed by atoms with E-state index in [1.54, 1.807) is 17.5 Å². The van der Waals surface area contributed by atoms with Crippen molar-refractivity contribution >= 4 is 45.5 Å². The lowest BCUT2D eigenvalue weighted by molar-refractivity contribution is 0.699. The lowest BCUT2D eigenvalue weighted by Gasteiger charge is -2.14. The summed E-state index contributed by atoms with van der Waals surface area (Å²) < 4.78 is 1.46. The number of hydrogen-bond acceptors (Lipinski definition) is 6. The molecule has 0 bridgehead atoms. The Labute approximate surface area is 128 Å². The van der Waals surface area contributed by atoms with Gasteiger partial charge in [-0.15, -0.1) is 22.7 Å². The van der Waals surface area contributed by atoms with Gasteiger partial charge < -0.3 is 12.6 Å². The molecule has 0 N–H and O–H groups in total. The van der Waals surface area contributed by atoms with E-state index in [-0.39, 0.29) is 5.56 Å². The van der Waals surface area contributed by atoms with Crippen LogP contribution >= 0.6 is 22.7 Å². The van der Waals surface area contributed by atoms with E-state index in [4.69, 9.17) is 12.6 Å². The molecule has 0 amide bonds. The zero-order valence-electron chi connectivity index (χ0n) is 10.5. The second-order valence-corrected chi connectivity index (χ2v) is 7.06. The second kappa shape index (κ2) is 4.61. The Kier molecular flexibility index (Phi) is 2.87. The van der Waals surface area contributed by atoms with Crippen molar-refractivity contribution in [2.75, 3.05) is 0 Å². The van der Waals surface area contributed by atoms with Crippen LogP contribution in [0.3, 0.4) is 0 Å². The third kappa shape index (κ3) is 1.73. The minimum atomic E-state index is -0.0608. The van der Waals surface area contributed by atoms with Crippen molar-refractivity contribution in [3.63, 3.8) is 0 Å². The molecule has 0 atom stereocenters. The van der Waals surface area contributed by atoms with E-state index in [2.05, 4.69) is 9.97 Å². The third-order valence-electron chi connectivity index (χ3n) is 3.57. The van der Waals surface area contributed by atoms with Crippen LogP contribution in [0, 0.1) is 0 Å². The summed E-state index contributed by atoms with van der Waals surface area (Å²) in [6.07, 6.45) is 6.04. The minimum Gasteiger partial charge on any atom is -0.742 e. The molecule has 4 rings (SSSR count). The Morgan fingerprint density at radius 3 is 2.95 bits per heavy atom. The molecule has 3 aromatic rings. The Morgan fingerprint density at radius 1 is 1.30 bits per heavy atom. The Hall–Kier alpha value is -1.31. The zero-order chi connectivity index (χ0) is 13.7. The van der Waals surface area contributed by atoms with E-state index in [1.165, 1.54) is 32.8 Å². The summed E-state index contributed by atoms with van der Waals surface area (Å²) in [5, 5.41) is 3.50. The van der Waals surface area contributed by atoms with Crippen molar-refractivity contribution in [1.82, 2.24) is 14.5 Å². The first kappa shape index (κ1) is 12.4. The van der Waals surface area contributed by atoms with Crippen molar-refractivity contribution in [2.24, 2.45) is 0 Å².